The van der Waals surface area contributed by atoms with E-state index in [1.165, 1.54) is 0 Å². The van der Waals surface area contributed by atoms with Crippen molar-refractivity contribution in [2.24, 2.45) is 5.73 Å². The van der Waals surface area contributed by atoms with Gasteiger partial charge in [0.15, 0.2) is 0 Å². The van der Waals surface area contributed by atoms with Crippen LogP contribution in [0.1, 0.15) is 32.4 Å². The van der Waals surface area contributed by atoms with Gasteiger partial charge in [0.25, 0.3) is 0 Å². The van der Waals surface area contributed by atoms with E-state index < -0.39 is 0 Å². The summed E-state index contributed by atoms with van der Waals surface area (Å²) in [6.45, 7) is 4.47. The Morgan fingerprint density at radius 3 is 2.94 bits per heavy atom. The molecule has 0 aliphatic heterocycles. The Bertz CT molecular complexity index is 313. The van der Waals surface area contributed by atoms with E-state index in [1.807, 2.05) is 13.8 Å². The first-order valence-corrected chi connectivity index (χ1v) is 5.50. The highest BCUT2D eigenvalue weighted by Crippen LogP contribution is 2.06. The van der Waals surface area contributed by atoms with Gasteiger partial charge < -0.3 is 16.0 Å². The molecule has 0 unspecified atom stereocenters. The summed E-state index contributed by atoms with van der Waals surface area (Å²) in [6, 6.07) is 0. The lowest BCUT2D eigenvalue weighted by Crippen LogP contribution is -2.34. The van der Waals surface area contributed by atoms with Gasteiger partial charge in [0, 0.05) is 36.8 Å². The minimum atomic E-state index is -0.277. The molecule has 1 aromatic rings. The normalized spacial score (nSPS) is 11.4. The summed E-state index contributed by atoms with van der Waals surface area (Å²) in [6.07, 6.45) is 5.34. The average Bonchev–Trinajstić information content (AvgIpc) is 2.66. The third-order valence-corrected chi connectivity index (χ3v) is 2.27. The number of nitrogens with zero attached hydrogens (tertiary/aromatic N) is 1. The highest BCUT2D eigenvalue weighted by Gasteiger charge is 2.12. The lowest BCUT2D eigenvalue weighted by Gasteiger charge is -2.17. The fraction of sp³-hybridized carbons (Fsp3) is 0.636. The van der Waals surface area contributed by atoms with Gasteiger partial charge in [-0.3, -0.25) is 4.79 Å². The number of nitrogens with one attached hydrogen (secondary N) is 2. The van der Waals surface area contributed by atoms with Crippen molar-refractivity contribution in [3.05, 3.63) is 18.2 Å². The quantitative estimate of drug-likeness (QED) is 0.661. The molecular weight excluding hydrogens is 204 g/mol. The van der Waals surface area contributed by atoms with Crippen molar-refractivity contribution in [3.63, 3.8) is 0 Å². The van der Waals surface area contributed by atoms with Crippen molar-refractivity contribution in [3.8, 4) is 0 Å². The average molecular weight is 224 g/mol. The lowest BCUT2D eigenvalue weighted by molar-refractivity contribution is -0.121. The number of H-pyrrole nitrogens is 1. The SMILES string of the molecule is CC(C)(N)CCC(=O)NCCc1cnc[nH]1. The molecule has 1 amide bonds. The second-order valence-electron chi connectivity index (χ2n) is 4.67. The number of carbonyl (C=O) groups is 1. The number of carbonyl (C=O) groups excluding carboxylic acids is 1. The zero-order valence-electron chi connectivity index (χ0n) is 9.92. The number of nitrogens with two attached hydrogens (primary N) is 1. The number of aromatic amines is 1. The van der Waals surface area contributed by atoms with Gasteiger partial charge in [-0.05, 0) is 20.3 Å². The molecule has 5 heteroatoms. The number of hydrogen-bond acceptors (Lipinski definition) is 3. The molecule has 1 rings (SSSR count). The summed E-state index contributed by atoms with van der Waals surface area (Å²) in [5.41, 5.74) is 6.55. The van der Waals surface area contributed by atoms with Crippen LogP contribution < -0.4 is 11.1 Å². The van der Waals surface area contributed by atoms with Gasteiger partial charge in [0.2, 0.25) is 5.91 Å². The number of imidazole rings is 1. The first kappa shape index (κ1) is 12.7. The molecule has 0 saturated carbocycles. The van der Waals surface area contributed by atoms with Crippen LogP contribution in [0.25, 0.3) is 0 Å². The third-order valence-electron chi connectivity index (χ3n) is 2.27. The van der Waals surface area contributed by atoms with Crippen LogP contribution in [0.15, 0.2) is 12.5 Å². The molecule has 0 saturated heterocycles. The summed E-state index contributed by atoms with van der Waals surface area (Å²) in [7, 11) is 0. The molecule has 0 bridgehead atoms. The predicted molar refractivity (Wildman–Crippen MR) is 62.8 cm³/mol. The molecule has 0 aromatic carbocycles. The number of aromatic nitrogens is 2. The van der Waals surface area contributed by atoms with Crippen LogP contribution in [0.4, 0.5) is 0 Å². The van der Waals surface area contributed by atoms with E-state index in [-0.39, 0.29) is 11.4 Å². The standard InChI is InChI=1S/C11H20N4O/c1-11(2,12)5-3-10(16)14-6-4-9-7-13-8-15-9/h7-8H,3-6,12H2,1-2H3,(H,13,15)(H,14,16). The second kappa shape index (κ2) is 5.65. The van der Waals surface area contributed by atoms with Crippen LogP contribution >= 0.6 is 0 Å². The van der Waals surface area contributed by atoms with Crippen molar-refractivity contribution in [2.45, 2.75) is 38.6 Å². The monoisotopic (exact) mass is 224 g/mol. The van der Waals surface area contributed by atoms with Crippen LogP contribution in [0.3, 0.4) is 0 Å². The Hall–Kier alpha value is -1.36. The minimum Gasteiger partial charge on any atom is -0.356 e. The van der Waals surface area contributed by atoms with Crippen molar-refractivity contribution >= 4 is 5.91 Å². The molecule has 0 radical (unpaired) electrons. The van der Waals surface area contributed by atoms with Crippen molar-refractivity contribution in [1.82, 2.24) is 15.3 Å². The Kier molecular flexibility index (Phi) is 4.49. The van der Waals surface area contributed by atoms with E-state index in [9.17, 15) is 4.79 Å². The molecule has 1 aromatic heterocycles. The molecule has 0 aliphatic rings. The number of hydrogen-bond donors (Lipinski definition) is 3. The van der Waals surface area contributed by atoms with Gasteiger partial charge in [0.05, 0.1) is 6.33 Å². The largest absolute Gasteiger partial charge is 0.356 e. The summed E-state index contributed by atoms with van der Waals surface area (Å²) in [4.78, 5) is 18.3. The van der Waals surface area contributed by atoms with Gasteiger partial charge in [-0.1, -0.05) is 0 Å². The zero-order valence-corrected chi connectivity index (χ0v) is 9.92. The maximum atomic E-state index is 11.4. The summed E-state index contributed by atoms with van der Waals surface area (Å²) >= 11 is 0. The molecule has 0 fully saturated rings. The zero-order chi connectivity index (χ0) is 12.0. The lowest BCUT2D eigenvalue weighted by atomic mass is 10.00. The fourth-order valence-corrected chi connectivity index (χ4v) is 1.28. The maximum Gasteiger partial charge on any atom is 0.220 e. The van der Waals surface area contributed by atoms with Crippen LogP contribution in [0.5, 0.6) is 0 Å². The molecule has 1 heterocycles. The maximum absolute atomic E-state index is 11.4. The Morgan fingerprint density at radius 1 is 1.62 bits per heavy atom. The predicted octanol–water partition coefficient (Wildman–Crippen LogP) is 0.586. The van der Waals surface area contributed by atoms with Crippen LogP contribution in [-0.2, 0) is 11.2 Å². The molecule has 0 atom stereocenters. The molecule has 0 spiro atoms. The Balaban J connectivity index is 2.11. The van der Waals surface area contributed by atoms with Crippen LogP contribution in [0.2, 0.25) is 0 Å². The third kappa shape index (κ3) is 5.50. The number of amides is 1. The molecule has 0 aliphatic carbocycles. The first-order chi connectivity index (χ1) is 7.47. The van der Waals surface area contributed by atoms with Gasteiger partial charge in [-0.2, -0.15) is 0 Å². The summed E-state index contributed by atoms with van der Waals surface area (Å²) in [5, 5.41) is 2.85. The van der Waals surface area contributed by atoms with E-state index in [4.69, 9.17) is 5.73 Å². The van der Waals surface area contributed by atoms with Crippen LogP contribution in [0, 0.1) is 0 Å². The first-order valence-electron chi connectivity index (χ1n) is 5.50. The van der Waals surface area contributed by atoms with E-state index in [0.29, 0.717) is 19.4 Å². The van der Waals surface area contributed by atoms with E-state index in [2.05, 4.69) is 15.3 Å². The number of rotatable bonds is 6. The summed E-state index contributed by atoms with van der Waals surface area (Å²) in [5.74, 6) is 0.0537. The van der Waals surface area contributed by atoms with E-state index in [0.717, 1.165) is 12.1 Å². The molecule has 5 nitrogen and oxygen atoms in total. The highest BCUT2D eigenvalue weighted by molar-refractivity contribution is 5.75. The summed E-state index contributed by atoms with van der Waals surface area (Å²) < 4.78 is 0. The van der Waals surface area contributed by atoms with Gasteiger partial charge >= 0.3 is 0 Å². The van der Waals surface area contributed by atoms with Crippen molar-refractivity contribution in [1.29, 1.82) is 0 Å². The molecule has 90 valence electrons. The smallest absolute Gasteiger partial charge is 0.220 e. The molecule has 16 heavy (non-hydrogen) atoms. The molecule has 4 N–H and O–H groups in total. The Labute approximate surface area is 95.8 Å². The van der Waals surface area contributed by atoms with Gasteiger partial charge in [-0.25, -0.2) is 4.98 Å². The Morgan fingerprint density at radius 2 is 2.38 bits per heavy atom. The molecular formula is C11H20N4O. The van der Waals surface area contributed by atoms with E-state index in [1.54, 1.807) is 12.5 Å². The highest BCUT2D eigenvalue weighted by atomic mass is 16.1. The van der Waals surface area contributed by atoms with E-state index >= 15 is 0 Å². The van der Waals surface area contributed by atoms with Crippen LogP contribution in [-0.4, -0.2) is 28.0 Å². The van der Waals surface area contributed by atoms with Gasteiger partial charge in [0.1, 0.15) is 0 Å². The fourth-order valence-electron chi connectivity index (χ4n) is 1.28. The topological polar surface area (TPSA) is 83.8 Å². The minimum absolute atomic E-state index is 0.0537. The van der Waals surface area contributed by atoms with Crippen molar-refractivity contribution < 1.29 is 4.79 Å². The van der Waals surface area contributed by atoms with Gasteiger partial charge in [-0.15, -0.1) is 0 Å². The van der Waals surface area contributed by atoms with Crippen molar-refractivity contribution in [2.75, 3.05) is 6.54 Å². The second-order valence-corrected chi connectivity index (χ2v) is 4.67.